The highest BCUT2D eigenvalue weighted by molar-refractivity contribution is 5.95. The van der Waals surface area contributed by atoms with Gasteiger partial charge in [0.05, 0.1) is 5.56 Å². The second-order valence-electron chi connectivity index (χ2n) is 4.64. The summed E-state index contributed by atoms with van der Waals surface area (Å²) in [6, 6.07) is 9.72. The molecule has 1 amide bonds. The Balaban J connectivity index is 1.88. The third-order valence-electron chi connectivity index (χ3n) is 2.89. The summed E-state index contributed by atoms with van der Waals surface area (Å²) in [4.78, 5) is 23.3. The molecule has 6 heteroatoms. The lowest BCUT2D eigenvalue weighted by molar-refractivity contribution is -0.119. The van der Waals surface area contributed by atoms with Gasteiger partial charge in [-0.1, -0.05) is 6.07 Å². The minimum absolute atomic E-state index is 0.0238. The van der Waals surface area contributed by atoms with Crippen LogP contribution in [0, 0.1) is 12.7 Å². The molecule has 0 fully saturated rings. The molecule has 0 unspecified atom stereocenters. The van der Waals surface area contributed by atoms with E-state index in [0.29, 0.717) is 5.56 Å². The number of carbonyl (C=O) groups is 2. The number of hydrogen-bond donors (Lipinski definition) is 2. The standard InChI is InChI=1S/C16H14FNO4/c1-10-2-5-12(8-14(10)17)18-15(20)9-22-16(21)11-3-6-13(19)7-4-11/h2-8,19H,9H2,1H3,(H,18,20). The van der Waals surface area contributed by atoms with E-state index in [9.17, 15) is 14.0 Å². The van der Waals surface area contributed by atoms with Crippen molar-refractivity contribution in [3.8, 4) is 5.75 Å². The van der Waals surface area contributed by atoms with Crippen LogP contribution in [0.15, 0.2) is 42.5 Å². The highest BCUT2D eigenvalue weighted by Gasteiger charge is 2.11. The summed E-state index contributed by atoms with van der Waals surface area (Å²) in [7, 11) is 0. The van der Waals surface area contributed by atoms with E-state index < -0.39 is 24.3 Å². The maximum Gasteiger partial charge on any atom is 0.338 e. The number of hydrogen-bond acceptors (Lipinski definition) is 4. The third kappa shape index (κ3) is 4.05. The number of amides is 1. The van der Waals surface area contributed by atoms with Crippen LogP contribution in [0.1, 0.15) is 15.9 Å². The molecule has 22 heavy (non-hydrogen) atoms. The Labute approximate surface area is 126 Å². The first-order chi connectivity index (χ1) is 10.5. The monoisotopic (exact) mass is 303 g/mol. The molecule has 0 spiro atoms. The van der Waals surface area contributed by atoms with Crippen molar-refractivity contribution in [1.29, 1.82) is 0 Å². The molecule has 0 bridgehead atoms. The SMILES string of the molecule is Cc1ccc(NC(=O)COC(=O)c2ccc(O)cc2)cc1F. The Hall–Kier alpha value is -2.89. The van der Waals surface area contributed by atoms with Gasteiger partial charge in [0, 0.05) is 5.69 Å². The third-order valence-corrected chi connectivity index (χ3v) is 2.89. The molecule has 2 rings (SSSR count). The van der Waals surface area contributed by atoms with Gasteiger partial charge in [-0.2, -0.15) is 0 Å². The van der Waals surface area contributed by atoms with E-state index in [1.54, 1.807) is 13.0 Å². The molecule has 0 heterocycles. The molecule has 0 atom stereocenters. The van der Waals surface area contributed by atoms with Crippen molar-refractivity contribution in [3.63, 3.8) is 0 Å². The lowest BCUT2D eigenvalue weighted by Gasteiger charge is -2.07. The average Bonchev–Trinajstić information content (AvgIpc) is 2.49. The van der Waals surface area contributed by atoms with Gasteiger partial charge in [-0.05, 0) is 48.9 Å². The van der Waals surface area contributed by atoms with Gasteiger partial charge in [0.15, 0.2) is 6.61 Å². The Kier molecular flexibility index (Phi) is 4.73. The van der Waals surface area contributed by atoms with Crippen LogP contribution in [0.4, 0.5) is 10.1 Å². The van der Waals surface area contributed by atoms with Crippen LogP contribution in [-0.4, -0.2) is 23.6 Å². The molecule has 2 aromatic rings. The van der Waals surface area contributed by atoms with E-state index in [1.165, 1.54) is 36.4 Å². The lowest BCUT2D eigenvalue weighted by Crippen LogP contribution is -2.21. The van der Waals surface area contributed by atoms with Crippen LogP contribution >= 0.6 is 0 Å². The number of phenols is 1. The minimum atomic E-state index is -0.690. The van der Waals surface area contributed by atoms with Gasteiger partial charge >= 0.3 is 5.97 Å². The smallest absolute Gasteiger partial charge is 0.338 e. The quantitative estimate of drug-likeness (QED) is 0.851. The van der Waals surface area contributed by atoms with E-state index >= 15 is 0 Å². The number of phenolic OH excluding ortho intramolecular Hbond substituents is 1. The predicted octanol–water partition coefficient (Wildman–Crippen LogP) is 2.64. The van der Waals surface area contributed by atoms with Crippen LogP contribution in [-0.2, 0) is 9.53 Å². The topological polar surface area (TPSA) is 75.6 Å². The molecule has 114 valence electrons. The fraction of sp³-hybridized carbons (Fsp3) is 0.125. The van der Waals surface area contributed by atoms with Crippen LogP contribution in [0.25, 0.3) is 0 Å². The van der Waals surface area contributed by atoms with Gasteiger partial charge in [-0.15, -0.1) is 0 Å². The molecule has 5 nitrogen and oxygen atoms in total. The maximum atomic E-state index is 13.3. The highest BCUT2D eigenvalue weighted by Crippen LogP contribution is 2.14. The van der Waals surface area contributed by atoms with Crippen molar-refractivity contribution in [1.82, 2.24) is 0 Å². The molecule has 0 aliphatic rings. The fourth-order valence-corrected chi connectivity index (χ4v) is 1.68. The van der Waals surface area contributed by atoms with Gasteiger partial charge < -0.3 is 15.2 Å². The number of benzene rings is 2. The minimum Gasteiger partial charge on any atom is -0.508 e. The molecule has 0 aliphatic carbocycles. The largest absolute Gasteiger partial charge is 0.508 e. The number of aryl methyl sites for hydroxylation is 1. The highest BCUT2D eigenvalue weighted by atomic mass is 19.1. The van der Waals surface area contributed by atoms with Crippen molar-refractivity contribution in [2.24, 2.45) is 0 Å². The molecule has 2 aromatic carbocycles. The van der Waals surface area contributed by atoms with Crippen molar-refractivity contribution in [2.75, 3.05) is 11.9 Å². The van der Waals surface area contributed by atoms with E-state index in [4.69, 9.17) is 9.84 Å². The molecule has 0 radical (unpaired) electrons. The van der Waals surface area contributed by atoms with E-state index in [2.05, 4.69) is 5.32 Å². The second kappa shape index (κ2) is 6.71. The molecule has 0 saturated carbocycles. The maximum absolute atomic E-state index is 13.3. The van der Waals surface area contributed by atoms with E-state index in [1.807, 2.05) is 0 Å². The summed E-state index contributed by atoms with van der Waals surface area (Å²) >= 11 is 0. The summed E-state index contributed by atoms with van der Waals surface area (Å²) in [5.41, 5.74) is 0.970. The van der Waals surface area contributed by atoms with Crippen molar-refractivity contribution in [2.45, 2.75) is 6.92 Å². The first-order valence-electron chi connectivity index (χ1n) is 6.48. The number of aromatic hydroxyl groups is 1. The molecule has 0 aromatic heterocycles. The molecule has 0 saturated heterocycles. The van der Waals surface area contributed by atoms with Gasteiger partial charge in [0.2, 0.25) is 0 Å². The first-order valence-corrected chi connectivity index (χ1v) is 6.48. The summed E-state index contributed by atoms with van der Waals surface area (Å²) in [6.45, 7) is 1.12. The Morgan fingerprint density at radius 3 is 2.50 bits per heavy atom. The molecular formula is C16H14FNO4. The first kappa shape index (κ1) is 15.5. The number of nitrogens with one attached hydrogen (secondary N) is 1. The fourth-order valence-electron chi connectivity index (χ4n) is 1.68. The van der Waals surface area contributed by atoms with Crippen molar-refractivity contribution < 1.29 is 23.8 Å². The number of anilines is 1. The molecule has 2 N–H and O–H groups in total. The normalized spacial score (nSPS) is 10.1. The number of carbonyl (C=O) groups excluding carboxylic acids is 2. The summed E-state index contributed by atoms with van der Waals surface area (Å²) in [6.07, 6.45) is 0. The zero-order valence-electron chi connectivity index (χ0n) is 11.8. The van der Waals surface area contributed by atoms with E-state index in [0.717, 1.165) is 0 Å². The van der Waals surface area contributed by atoms with Gasteiger partial charge in [-0.25, -0.2) is 9.18 Å². The lowest BCUT2D eigenvalue weighted by atomic mass is 10.2. The average molecular weight is 303 g/mol. The van der Waals surface area contributed by atoms with Crippen LogP contribution < -0.4 is 5.32 Å². The second-order valence-corrected chi connectivity index (χ2v) is 4.64. The number of rotatable bonds is 4. The van der Waals surface area contributed by atoms with Crippen LogP contribution in [0.3, 0.4) is 0 Å². The number of ether oxygens (including phenoxy) is 1. The summed E-state index contributed by atoms with van der Waals surface area (Å²) < 4.78 is 18.2. The van der Waals surface area contributed by atoms with Gasteiger partial charge in [-0.3, -0.25) is 4.79 Å². The zero-order chi connectivity index (χ0) is 16.1. The Morgan fingerprint density at radius 1 is 1.18 bits per heavy atom. The van der Waals surface area contributed by atoms with Gasteiger partial charge in [0.1, 0.15) is 11.6 Å². The summed E-state index contributed by atoms with van der Waals surface area (Å²) in [5, 5.41) is 11.5. The number of esters is 1. The van der Waals surface area contributed by atoms with Gasteiger partial charge in [0.25, 0.3) is 5.91 Å². The van der Waals surface area contributed by atoms with Crippen LogP contribution in [0.2, 0.25) is 0 Å². The van der Waals surface area contributed by atoms with Crippen molar-refractivity contribution >= 4 is 17.6 Å². The zero-order valence-corrected chi connectivity index (χ0v) is 11.8. The Morgan fingerprint density at radius 2 is 1.86 bits per heavy atom. The molecular weight excluding hydrogens is 289 g/mol. The van der Waals surface area contributed by atoms with E-state index in [-0.39, 0.29) is 17.0 Å². The van der Waals surface area contributed by atoms with Crippen LogP contribution in [0.5, 0.6) is 5.75 Å². The number of halogens is 1. The van der Waals surface area contributed by atoms with Crippen molar-refractivity contribution in [3.05, 3.63) is 59.4 Å². The molecule has 0 aliphatic heterocycles. The predicted molar refractivity (Wildman–Crippen MR) is 78.2 cm³/mol. The Bertz CT molecular complexity index is 698. The summed E-state index contributed by atoms with van der Waals surface area (Å²) in [5.74, 6) is -1.67.